The normalized spacial score (nSPS) is 12.0. The van der Waals surface area contributed by atoms with E-state index in [0.717, 1.165) is 73.3 Å². The zero-order chi connectivity index (χ0) is 110. The van der Waals surface area contributed by atoms with Crippen LogP contribution in [0.1, 0.15) is 194 Å². The summed E-state index contributed by atoms with van der Waals surface area (Å²) in [5.74, 6) is -10.7. The number of para-hydroxylation sites is 4. The zero-order valence-corrected chi connectivity index (χ0v) is 88.3. The zero-order valence-electron chi connectivity index (χ0n) is 86.8. The topological polar surface area (TPSA) is 461 Å². The number of anilines is 8. The van der Waals surface area contributed by atoms with Crippen molar-refractivity contribution in [2.24, 2.45) is 47.3 Å². The molecule has 0 aliphatic rings. The Hall–Kier alpha value is -14.1. The molecule has 8 rings (SSSR count). The minimum absolute atomic E-state index is 0.000196. The predicted octanol–water partition coefficient (Wildman–Crippen LogP) is 20.4. The molecule has 8 N–H and O–H groups in total. The molecule has 34 heteroatoms. The number of amides is 8. The van der Waals surface area contributed by atoms with Gasteiger partial charge in [-0.3, -0.25) is 76.7 Å². The average Bonchev–Trinajstić information content (AvgIpc) is 1.02. The van der Waals surface area contributed by atoms with Gasteiger partial charge in [0.1, 0.15) is 0 Å². The Balaban J connectivity index is 0.000000823. The van der Waals surface area contributed by atoms with Gasteiger partial charge in [0.2, 0.25) is 47.3 Å². The molecule has 8 unspecified atom stereocenters. The first-order chi connectivity index (χ1) is 67.4. The number of hydrogen-bond donors (Lipinski definition) is 8. The van der Waals surface area contributed by atoms with Crippen LogP contribution in [0.5, 0.6) is 0 Å². The predicted molar refractivity (Wildman–Crippen MR) is 565 cm³/mol. The van der Waals surface area contributed by atoms with E-state index in [4.69, 9.17) is 64.1 Å². The molecule has 0 fully saturated rings. The highest BCUT2D eigenvalue weighted by atomic mass is 35.5. The fraction of sp³-hybridized carbons (Fsp3) is 0.418. The Morgan fingerprint density at radius 2 is 0.528 bits per heavy atom. The highest BCUT2D eigenvalue weighted by molar-refractivity contribution is 6.31. The molecule has 0 aromatic heterocycles. The molecule has 0 saturated heterocycles. The van der Waals surface area contributed by atoms with Crippen LogP contribution in [0, 0.1) is 82.0 Å². The largest absolute Gasteiger partial charge is 0.481 e. The van der Waals surface area contributed by atoms with Crippen LogP contribution in [0.25, 0.3) is 0 Å². The van der Waals surface area contributed by atoms with E-state index in [-0.39, 0.29) is 154 Å². The Labute approximate surface area is 856 Å². The van der Waals surface area contributed by atoms with E-state index in [1.807, 2.05) is 214 Å². The van der Waals surface area contributed by atoms with Crippen molar-refractivity contribution in [2.45, 2.75) is 207 Å². The standard InChI is InChI=1S/6C14H19NO3.2C13H16ClNO3/c1-10-4-7-12(8-5-10)15(3)14(18)11(2)6-9-13(16)17;1-10-4-6-12(7-5-10)15(3)13(16)8-11(2)9-14(17)18;1-10(9-14(17)18)8-13(16)15(3)12-7-5-4-6-11(12)2;1-10-6-4-5-7-12(10)15(3)14(18)11(2)8-9-13(16)17;1-10(2)15(12-7-5-4-6-8-12)14(18)11(3)9-13(16)17;1-4-15(12-8-6-5-7-10(12)2)14(18)11(3)9-13(16)17;1-9(8-13(17)18)7-12(16)15(2)11-5-3-10(14)4-6-11;1-3-15(11-6-4-10(14)5-7-11)13(18)9(2)8-12(16)17/h4-5,7-8,11H,6,9H2,1-3H3,(H,16,17);4-7,11H,8-9H2,1-3H3,(H,17,18);4-7,10H,8-9H2,1-3H3,(H,17,18);4-7,11H,8-9H2,1-3H3,(H,16,17);4-8,10-11H,9H2,1-3H3,(H,16,17);5-8,11H,4,9H2,1-3H3,(H,16,17);3-6,9H,7-8H2,1-2H3,(H,17,18);4-7,9H,3,8H2,1-2H3,(H,16,17). The van der Waals surface area contributed by atoms with Crippen LogP contribution >= 0.6 is 23.2 Å². The van der Waals surface area contributed by atoms with Crippen molar-refractivity contribution in [2.75, 3.05) is 87.5 Å². The fourth-order valence-corrected chi connectivity index (χ4v) is 14.5. The number of carbonyl (C=O) groups is 16. The number of carbonyl (C=O) groups excluding carboxylic acids is 8. The number of halogens is 2. The van der Waals surface area contributed by atoms with Crippen molar-refractivity contribution < 1.29 is 118 Å². The third-order valence-electron chi connectivity index (χ3n) is 22.6. The smallest absolute Gasteiger partial charge is 0.304 e. The molecular weight excluding hydrogens is 1890 g/mol. The molecule has 0 aliphatic heterocycles. The molecule has 8 aromatic rings. The maximum Gasteiger partial charge on any atom is 0.304 e. The van der Waals surface area contributed by atoms with Crippen LogP contribution in [-0.2, 0) is 76.7 Å². The number of aliphatic carboxylic acids is 8. The third-order valence-corrected chi connectivity index (χ3v) is 23.1. The molecular formula is C110H146Cl2N8O24. The summed E-state index contributed by atoms with van der Waals surface area (Å²) in [5, 5.41) is 70.6. The maximum atomic E-state index is 12.3. The molecule has 8 amide bonds. The summed E-state index contributed by atoms with van der Waals surface area (Å²) in [7, 11) is 8.53. The number of benzene rings is 8. The summed E-state index contributed by atoms with van der Waals surface area (Å²) < 4.78 is 0. The second-order valence-electron chi connectivity index (χ2n) is 35.8. The van der Waals surface area contributed by atoms with E-state index in [2.05, 4.69) is 0 Å². The molecule has 784 valence electrons. The number of hydrogen-bond acceptors (Lipinski definition) is 16. The summed E-state index contributed by atoms with van der Waals surface area (Å²) in [6.45, 7) is 32.1. The highest BCUT2D eigenvalue weighted by Crippen LogP contribution is 2.29. The van der Waals surface area contributed by atoms with Crippen LogP contribution in [0.3, 0.4) is 0 Å². The van der Waals surface area contributed by atoms with Crippen molar-refractivity contribution in [3.8, 4) is 0 Å². The second kappa shape index (κ2) is 66.6. The van der Waals surface area contributed by atoms with Gasteiger partial charge in [0, 0.05) is 191 Å². The minimum atomic E-state index is -0.969. The molecule has 0 heterocycles. The lowest BCUT2D eigenvalue weighted by Gasteiger charge is -2.29. The van der Waals surface area contributed by atoms with Crippen molar-refractivity contribution in [1.82, 2.24) is 0 Å². The summed E-state index contributed by atoms with van der Waals surface area (Å²) >= 11 is 11.6. The van der Waals surface area contributed by atoms with Gasteiger partial charge < -0.3 is 80.1 Å². The van der Waals surface area contributed by atoms with Gasteiger partial charge in [-0.15, -0.1) is 0 Å². The van der Waals surface area contributed by atoms with Crippen LogP contribution in [0.15, 0.2) is 200 Å². The monoisotopic (exact) mass is 2030 g/mol. The molecule has 32 nitrogen and oxygen atoms in total. The van der Waals surface area contributed by atoms with Gasteiger partial charge in [0.15, 0.2) is 0 Å². The van der Waals surface area contributed by atoms with E-state index in [1.54, 1.807) is 173 Å². The fourth-order valence-electron chi connectivity index (χ4n) is 14.2. The Morgan fingerprint density at radius 3 is 0.840 bits per heavy atom. The van der Waals surface area contributed by atoms with Crippen LogP contribution in [0.4, 0.5) is 45.5 Å². The molecule has 0 aliphatic carbocycles. The number of carboxylic acid groups (broad SMARTS) is 8. The van der Waals surface area contributed by atoms with Gasteiger partial charge in [-0.1, -0.05) is 187 Å². The SMILES string of the molecule is CC(CC(=O)O)C(=O)N(c1ccccc1)C(C)C.CC(CC(=O)O)CC(=O)N(C)c1ccc(Cl)cc1.CCN(C(=O)C(C)CC(=O)O)c1ccc(Cl)cc1.CCN(C(=O)C(C)CC(=O)O)c1ccccc1C.Cc1ccc(N(C)C(=O)C(C)CCC(=O)O)cc1.Cc1ccc(N(C)C(=O)CC(C)CC(=O)O)cc1.Cc1ccccc1N(C)C(=O)C(C)CCC(=O)O.Cc1ccccc1N(C)C(=O)CC(C)CC(=O)O. The maximum absolute atomic E-state index is 12.3. The van der Waals surface area contributed by atoms with Gasteiger partial charge in [-0.25, -0.2) is 0 Å². The summed E-state index contributed by atoms with van der Waals surface area (Å²) in [4.78, 5) is 194. The summed E-state index contributed by atoms with van der Waals surface area (Å²) in [6, 6.07) is 61.3. The van der Waals surface area contributed by atoms with Gasteiger partial charge in [0.25, 0.3) is 0 Å². The van der Waals surface area contributed by atoms with Gasteiger partial charge in [0.05, 0.1) is 19.3 Å². The molecule has 0 saturated carbocycles. The molecule has 8 atom stereocenters. The van der Waals surface area contributed by atoms with E-state index < -0.39 is 65.5 Å². The highest BCUT2D eigenvalue weighted by Gasteiger charge is 2.30. The Kier molecular flexibility index (Phi) is 59.1. The lowest BCUT2D eigenvalue weighted by molar-refractivity contribution is -0.140. The minimum Gasteiger partial charge on any atom is -0.481 e. The van der Waals surface area contributed by atoms with Crippen molar-refractivity contribution in [3.05, 3.63) is 238 Å². The molecule has 8 aromatic carbocycles. The first-order valence-corrected chi connectivity index (χ1v) is 48.1. The van der Waals surface area contributed by atoms with Gasteiger partial charge in [-0.2, -0.15) is 0 Å². The van der Waals surface area contributed by atoms with Crippen molar-refractivity contribution >= 4 is 164 Å². The van der Waals surface area contributed by atoms with Crippen LogP contribution in [-0.4, -0.2) is 190 Å². The van der Waals surface area contributed by atoms with Crippen LogP contribution < -0.4 is 39.2 Å². The summed E-state index contributed by atoms with van der Waals surface area (Å²) in [5.41, 5.74) is 11.8. The molecule has 0 bridgehead atoms. The number of aryl methyl sites for hydroxylation is 5. The lowest BCUT2D eigenvalue weighted by Crippen LogP contribution is -2.40. The van der Waals surface area contributed by atoms with Gasteiger partial charge in [-0.05, 0) is 213 Å². The third kappa shape index (κ3) is 49.0. The Morgan fingerprint density at radius 1 is 0.257 bits per heavy atom. The molecule has 0 radical (unpaired) electrons. The second-order valence-corrected chi connectivity index (χ2v) is 36.7. The van der Waals surface area contributed by atoms with E-state index in [0.29, 0.717) is 36.0 Å². The first kappa shape index (κ1) is 128. The van der Waals surface area contributed by atoms with Crippen LogP contribution in [0.2, 0.25) is 10.0 Å². The number of rotatable bonds is 40. The number of nitrogens with zero attached hydrogens (tertiary/aromatic N) is 8. The van der Waals surface area contributed by atoms with E-state index in [9.17, 15) is 76.7 Å². The lowest BCUT2D eigenvalue weighted by atomic mass is 10.0. The van der Waals surface area contributed by atoms with Crippen molar-refractivity contribution in [3.63, 3.8) is 0 Å². The van der Waals surface area contributed by atoms with Crippen molar-refractivity contribution in [1.29, 1.82) is 0 Å². The summed E-state index contributed by atoms with van der Waals surface area (Å²) in [6.07, 6.45) is 1.08. The first-order valence-electron chi connectivity index (χ1n) is 47.3. The van der Waals surface area contributed by atoms with E-state index >= 15 is 0 Å². The average molecular weight is 2040 g/mol. The van der Waals surface area contributed by atoms with Gasteiger partial charge >= 0.3 is 47.8 Å². The number of carboxylic acids is 8. The Bertz CT molecular complexity index is 5370. The van der Waals surface area contributed by atoms with E-state index in [1.165, 1.54) is 4.90 Å². The quantitative estimate of drug-likeness (QED) is 0.0177. The molecule has 0 spiro atoms. The molecule has 144 heavy (non-hydrogen) atoms.